The first-order valence-corrected chi connectivity index (χ1v) is 9.49. The van der Waals surface area contributed by atoms with Gasteiger partial charge in [-0.3, -0.25) is 4.79 Å². The topological polar surface area (TPSA) is 47.6 Å². The summed E-state index contributed by atoms with van der Waals surface area (Å²) in [5.74, 6) is 0. The number of rotatable bonds is 8. The predicted octanol–water partition coefficient (Wildman–Crippen LogP) is 5.37. The van der Waals surface area contributed by atoms with Crippen molar-refractivity contribution in [1.82, 2.24) is 5.32 Å². The lowest BCUT2D eigenvalue weighted by atomic mass is 9.90. The molecule has 1 fully saturated rings. The number of amides is 1. The maximum Gasteiger partial charge on any atom is 0.416 e. The Morgan fingerprint density at radius 3 is 2.10 bits per heavy atom. The van der Waals surface area contributed by atoms with E-state index < -0.39 is 30.0 Å². The monoisotopic (exact) mass is 455 g/mol. The van der Waals surface area contributed by atoms with Crippen LogP contribution in [0.25, 0.3) is 0 Å². The van der Waals surface area contributed by atoms with Crippen LogP contribution in [-0.4, -0.2) is 33.3 Å². The van der Waals surface area contributed by atoms with Gasteiger partial charge in [-0.15, -0.1) is 0 Å². The van der Waals surface area contributed by atoms with Gasteiger partial charge in [0.05, 0.1) is 30.9 Å². The van der Waals surface area contributed by atoms with Crippen LogP contribution in [0.2, 0.25) is 0 Å². The standard InChI is InChI=1S/C11H20O2.C10H7F6NO/c1-10-4-5-11(2,8-10)9-13-7-6-12-3;11-9(12,13)7-1-6(4-17-5-18)2-8(3-7)10(14,15)16/h1,4-9H2,2-3H3;1-3,5H,4H2,(H,17,18). The third-order valence-corrected chi connectivity index (χ3v) is 4.68. The Balaban J connectivity index is 0.000000327. The number of carbonyl (C=O) groups excluding carboxylic acids is 1. The molecular formula is C21H27F6NO3. The van der Waals surface area contributed by atoms with Gasteiger partial charge in [-0.2, -0.15) is 26.3 Å². The normalized spacial score (nSPS) is 19.0. The average molecular weight is 455 g/mol. The Hall–Kier alpha value is -2.07. The number of hydrogen-bond donors (Lipinski definition) is 1. The number of benzene rings is 1. The lowest BCUT2D eigenvalue weighted by Crippen LogP contribution is -2.20. The number of allylic oxidation sites excluding steroid dienone is 1. The molecule has 1 aliphatic rings. The maximum absolute atomic E-state index is 12.4. The van der Waals surface area contributed by atoms with Gasteiger partial charge in [0.15, 0.2) is 0 Å². The van der Waals surface area contributed by atoms with Crippen LogP contribution in [0.5, 0.6) is 0 Å². The van der Waals surface area contributed by atoms with Crippen molar-refractivity contribution in [1.29, 1.82) is 0 Å². The first kappa shape index (κ1) is 27.0. The van der Waals surface area contributed by atoms with Gasteiger partial charge in [0.1, 0.15) is 0 Å². The van der Waals surface area contributed by atoms with Crippen LogP contribution in [0, 0.1) is 5.41 Å². The van der Waals surface area contributed by atoms with Crippen LogP contribution in [0.1, 0.15) is 42.9 Å². The molecule has 0 radical (unpaired) electrons. The second kappa shape index (κ2) is 11.5. The second-order valence-corrected chi connectivity index (χ2v) is 7.70. The number of nitrogens with one attached hydrogen (secondary N) is 1. The van der Waals surface area contributed by atoms with E-state index in [4.69, 9.17) is 9.47 Å². The highest BCUT2D eigenvalue weighted by Crippen LogP contribution is 2.40. The minimum Gasteiger partial charge on any atom is -0.382 e. The van der Waals surface area contributed by atoms with Crippen LogP contribution in [-0.2, 0) is 33.2 Å². The number of carbonyl (C=O) groups is 1. The van der Waals surface area contributed by atoms with Crippen molar-refractivity contribution in [3.63, 3.8) is 0 Å². The van der Waals surface area contributed by atoms with Gasteiger partial charge in [0.2, 0.25) is 6.41 Å². The summed E-state index contributed by atoms with van der Waals surface area (Å²) in [4.78, 5) is 9.99. The zero-order valence-corrected chi connectivity index (χ0v) is 17.5. The number of methoxy groups -OCH3 is 1. The van der Waals surface area contributed by atoms with Crippen molar-refractivity contribution in [3.05, 3.63) is 47.0 Å². The summed E-state index contributed by atoms with van der Waals surface area (Å²) >= 11 is 0. The molecule has 176 valence electrons. The van der Waals surface area contributed by atoms with E-state index in [-0.39, 0.29) is 18.0 Å². The molecule has 0 heterocycles. The number of hydrogen-bond acceptors (Lipinski definition) is 3. The second-order valence-electron chi connectivity index (χ2n) is 7.70. The molecular weight excluding hydrogens is 428 g/mol. The van der Waals surface area contributed by atoms with Crippen molar-refractivity contribution >= 4 is 6.41 Å². The zero-order chi connectivity index (χ0) is 23.7. The highest BCUT2D eigenvalue weighted by Gasteiger charge is 2.36. The fourth-order valence-electron chi connectivity index (χ4n) is 3.12. The molecule has 0 aliphatic heterocycles. The molecule has 1 aromatic rings. The van der Waals surface area contributed by atoms with Gasteiger partial charge in [0.25, 0.3) is 0 Å². The van der Waals surface area contributed by atoms with Crippen molar-refractivity contribution < 1.29 is 40.6 Å². The Morgan fingerprint density at radius 1 is 1.10 bits per heavy atom. The first-order chi connectivity index (χ1) is 14.3. The molecule has 1 amide bonds. The van der Waals surface area contributed by atoms with Gasteiger partial charge < -0.3 is 14.8 Å². The van der Waals surface area contributed by atoms with E-state index in [1.807, 2.05) is 5.32 Å². The maximum atomic E-state index is 12.4. The highest BCUT2D eigenvalue weighted by atomic mass is 19.4. The molecule has 31 heavy (non-hydrogen) atoms. The smallest absolute Gasteiger partial charge is 0.382 e. The molecule has 0 spiro atoms. The summed E-state index contributed by atoms with van der Waals surface area (Å²) in [6.07, 6.45) is -6.05. The Labute approximate surface area is 177 Å². The summed E-state index contributed by atoms with van der Waals surface area (Å²) in [6.45, 7) is 8.12. The van der Waals surface area contributed by atoms with Crippen LogP contribution < -0.4 is 5.32 Å². The molecule has 1 aliphatic carbocycles. The Morgan fingerprint density at radius 2 is 1.68 bits per heavy atom. The summed E-state index contributed by atoms with van der Waals surface area (Å²) in [5.41, 5.74) is -1.37. The third-order valence-electron chi connectivity index (χ3n) is 4.68. The highest BCUT2D eigenvalue weighted by molar-refractivity contribution is 5.46. The Kier molecular flexibility index (Phi) is 10.0. The van der Waals surface area contributed by atoms with E-state index in [2.05, 4.69) is 13.5 Å². The fraction of sp³-hybridized carbons (Fsp3) is 0.571. The summed E-state index contributed by atoms with van der Waals surface area (Å²) in [7, 11) is 1.70. The minimum atomic E-state index is -4.88. The van der Waals surface area contributed by atoms with Gasteiger partial charge in [0, 0.05) is 13.7 Å². The van der Waals surface area contributed by atoms with Crippen molar-refractivity contribution in [2.45, 2.75) is 45.1 Å². The van der Waals surface area contributed by atoms with E-state index >= 15 is 0 Å². The third kappa shape index (κ3) is 9.73. The molecule has 0 aromatic heterocycles. The molecule has 0 saturated heterocycles. The first-order valence-electron chi connectivity index (χ1n) is 9.49. The summed E-state index contributed by atoms with van der Waals surface area (Å²) in [5, 5.41) is 2.01. The number of alkyl halides is 6. The quantitative estimate of drug-likeness (QED) is 0.248. The van der Waals surface area contributed by atoms with E-state index in [0.717, 1.165) is 13.0 Å². The van der Waals surface area contributed by atoms with Gasteiger partial charge >= 0.3 is 12.4 Å². The fourth-order valence-corrected chi connectivity index (χ4v) is 3.12. The molecule has 2 rings (SSSR count). The minimum absolute atomic E-state index is 0.0322. The molecule has 4 nitrogen and oxygen atoms in total. The van der Waals surface area contributed by atoms with E-state index in [0.29, 0.717) is 30.8 Å². The van der Waals surface area contributed by atoms with Crippen molar-refractivity contribution in [2.24, 2.45) is 5.41 Å². The van der Waals surface area contributed by atoms with E-state index in [1.54, 1.807) is 7.11 Å². The zero-order valence-electron chi connectivity index (χ0n) is 17.5. The molecule has 1 unspecified atom stereocenters. The SMILES string of the molecule is C=C1CCC(C)(COCCOC)C1.O=CNCc1cc(C(F)(F)F)cc(C(F)(F)F)c1. The molecule has 1 N–H and O–H groups in total. The van der Waals surface area contributed by atoms with Gasteiger partial charge in [-0.05, 0) is 48.4 Å². The van der Waals surface area contributed by atoms with E-state index in [1.165, 1.54) is 18.4 Å². The largest absolute Gasteiger partial charge is 0.416 e. The lowest BCUT2D eigenvalue weighted by molar-refractivity contribution is -0.143. The number of halogens is 6. The molecule has 1 aromatic carbocycles. The van der Waals surface area contributed by atoms with E-state index in [9.17, 15) is 31.1 Å². The lowest BCUT2D eigenvalue weighted by Gasteiger charge is -2.22. The molecule has 0 bridgehead atoms. The van der Waals surface area contributed by atoms with Crippen LogP contribution >= 0.6 is 0 Å². The molecule has 10 heteroatoms. The Bertz CT molecular complexity index is 701. The van der Waals surface area contributed by atoms with Crippen LogP contribution in [0.15, 0.2) is 30.4 Å². The number of ether oxygens (including phenoxy) is 2. The van der Waals surface area contributed by atoms with Gasteiger partial charge in [-0.25, -0.2) is 0 Å². The van der Waals surface area contributed by atoms with Crippen LogP contribution in [0.4, 0.5) is 26.3 Å². The summed E-state index contributed by atoms with van der Waals surface area (Å²) in [6, 6.07) is 1.15. The molecule has 1 atom stereocenters. The predicted molar refractivity (Wildman–Crippen MR) is 103 cm³/mol. The van der Waals surface area contributed by atoms with Crippen molar-refractivity contribution in [2.75, 3.05) is 26.9 Å². The molecule has 1 saturated carbocycles. The summed E-state index contributed by atoms with van der Waals surface area (Å²) < 4.78 is 84.9. The van der Waals surface area contributed by atoms with Crippen molar-refractivity contribution in [3.8, 4) is 0 Å². The van der Waals surface area contributed by atoms with Crippen LogP contribution in [0.3, 0.4) is 0 Å². The van der Waals surface area contributed by atoms with Gasteiger partial charge in [-0.1, -0.05) is 19.1 Å². The average Bonchev–Trinajstić information content (AvgIpc) is 3.01.